The molecule has 0 radical (unpaired) electrons. The van der Waals surface area contributed by atoms with Crippen LogP contribution in [0, 0.1) is 16.0 Å². The number of piperidine rings is 1. The summed E-state index contributed by atoms with van der Waals surface area (Å²) >= 11 is 0. The topological polar surface area (TPSA) is 72.7 Å². The number of carbonyl (C=O) groups excluding carboxylic acids is 1. The van der Waals surface area contributed by atoms with Crippen LogP contribution in [-0.2, 0) is 9.53 Å². The van der Waals surface area contributed by atoms with Crippen molar-refractivity contribution in [2.24, 2.45) is 5.92 Å². The minimum atomic E-state index is -0.716. The lowest BCUT2D eigenvalue weighted by Crippen LogP contribution is -2.53. The predicted octanol–water partition coefficient (Wildman–Crippen LogP) is 0.681. The Morgan fingerprint density at radius 1 is 1.65 bits per heavy atom. The van der Waals surface area contributed by atoms with Crippen LogP contribution in [0.2, 0.25) is 0 Å². The summed E-state index contributed by atoms with van der Waals surface area (Å²) in [6.45, 7) is 3.68. The molecule has 0 spiro atoms. The van der Waals surface area contributed by atoms with E-state index in [4.69, 9.17) is 4.74 Å². The summed E-state index contributed by atoms with van der Waals surface area (Å²) < 4.78 is 5.11. The van der Waals surface area contributed by atoms with Crippen molar-refractivity contribution in [3.05, 3.63) is 10.1 Å². The van der Waals surface area contributed by atoms with Gasteiger partial charge < -0.3 is 4.74 Å². The van der Waals surface area contributed by atoms with Gasteiger partial charge in [-0.2, -0.15) is 0 Å². The Kier molecular flexibility index (Phi) is 3.33. The molecule has 2 aliphatic heterocycles. The fourth-order valence-corrected chi connectivity index (χ4v) is 3.11. The summed E-state index contributed by atoms with van der Waals surface area (Å²) in [4.78, 5) is 24.3. The summed E-state index contributed by atoms with van der Waals surface area (Å²) in [5.74, 6) is 0.232. The van der Waals surface area contributed by atoms with Gasteiger partial charge in [0.25, 0.3) is 0 Å². The Bertz CT molecular complexity index is 333. The standard InChI is InChI=1S/C11H18N2O4/c1-2-17-10(14)11(4-6-13(15)16)7-9-3-5-12(11)8-9/h9H,2-8H2,1H3/t9-,11?/m1/s1. The molecule has 2 heterocycles. The first-order valence-corrected chi connectivity index (χ1v) is 6.12. The molecule has 6 nitrogen and oxygen atoms in total. The van der Waals surface area contributed by atoms with Crippen LogP contribution < -0.4 is 0 Å². The largest absolute Gasteiger partial charge is 0.465 e. The van der Waals surface area contributed by atoms with E-state index in [0.29, 0.717) is 12.5 Å². The van der Waals surface area contributed by atoms with Crippen LogP contribution in [0.15, 0.2) is 0 Å². The molecule has 0 aromatic rings. The van der Waals surface area contributed by atoms with E-state index >= 15 is 0 Å². The van der Waals surface area contributed by atoms with E-state index < -0.39 is 5.54 Å². The molecular weight excluding hydrogens is 224 g/mol. The van der Waals surface area contributed by atoms with Crippen LogP contribution >= 0.6 is 0 Å². The highest BCUT2D eigenvalue weighted by atomic mass is 16.6. The average molecular weight is 242 g/mol. The van der Waals surface area contributed by atoms with Crippen LogP contribution in [0.5, 0.6) is 0 Å². The fraction of sp³-hybridized carbons (Fsp3) is 0.909. The summed E-state index contributed by atoms with van der Waals surface area (Å²) in [7, 11) is 0. The van der Waals surface area contributed by atoms with Gasteiger partial charge in [-0.05, 0) is 32.2 Å². The second kappa shape index (κ2) is 4.60. The van der Waals surface area contributed by atoms with Gasteiger partial charge in [0.1, 0.15) is 5.54 Å². The normalized spacial score (nSPS) is 34.9. The molecule has 2 rings (SSSR count). The molecule has 0 aromatic heterocycles. The van der Waals surface area contributed by atoms with Crippen molar-refractivity contribution in [3.8, 4) is 0 Å². The number of rotatable bonds is 5. The zero-order valence-corrected chi connectivity index (χ0v) is 10.1. The monoisotopic (exact) mass is 242 g/mol. The van der Waals surface area contributed by atoms with Gasteiger partial charge in [-0.25, -0.2) is 0 Å². The minimum absolute atomic E-state index is 0.165. The number of carbonyl (C=O) groups is 1. The van der Waals surface area contributed by atoms with Crippen molar-refractivity contribution in [3.63, 3.8) is 0 Å². The number of ether oxygens (including phenoxy) is 1. The molecule has 0 aliphatic carbocycles. The van der Waals surface area contributed by atoms with E-state index in [1.165, 1.54) is 0 Å². The molecule has 6 heteroatoms. The molecule has 2 unspecified atom stereocenters. The third-order valence-corrected chi connectivity index (χ3v) is 3.88. The third-order valence-electron chi connectivity index (χ3n) is 3.88. The van der Waals surface area contributed by atoms with Crippen molar-refractivity contribution in [1.29, 1.82) is 0 Å². The molecule has 17 heavy (non-hydrogen) atoms. The van der Waals surface area contributed by atoms with E-state index in [2.05, 4.69) is 4.90 Å². The predicted molar refractivity (Wildman–Crippen MR) is 60.1 cm³/mol. The maximum Gasteiger partial charge on any atom is 0.326 e. The summed E-state index contributed by atoms with van der Waals surface area (Å²) in [6.07, 6.45) is 2.09. The molecule has 2 bridgehead atoms. The molecule has 2 fully saturated rings. The Labute approximate surface area is 100 Å². The van der Waals surface area contributed by atoms with E-state index in [-0.39, 0.29) is 23.9 Å². The van der Waals surface area contributed by atoms with Crippen LogP contribution in [-0.4, -0.2) is 47.6 Å². The van der Waals surface area contributed by atoms with Crippen molar-refractivity contribution in [2.45, 2.75) is 31.7 Å². The summed E-state index contributed by atoms with van der Waals surface area (Å²) in [5, 5.41) is 10.5. The number of hydrogen-bond donors (Lipinski definition) is 0. The Morgan fingerprint density at radius 2 is 2.41 bits per heavy atom. The number of fused-ring (bicyclic) bond motifs is 2. The lowest BCUT2D eigenvalue weighted by Gasteiger charge is -2.36. The SMILES string of the molecule is CCOC(=O)C1(CC[N+](=O)[O-])C[C@H]2CCN1C2. The number of nitro groups is 1. The first-order valence-electron chi connectivity index (χ1n) is 6.12. The lowest BCUT2D eigenvalue weighted by molar-refractivity contribution is -0.482. The van der Waals surface area contributed by atoms with Gasteiger partial charge >= 0.3 is 5.97 Å². The van der Waals surface area contributed by atoms with E-state index in [9.17, 15) is 14.9 Å². The number of esters is 1. The number of nitrogens with zero attached hydrogens (tertiary/aromatic N) is 2. The molecule has 3 atom stereocenters. The first-order chi connectivity index (χ1) is 8.08. The smallest absolute Gasteiger partial charge is 0.326 e. The Hall–Kier alpha value is -1.17. The van der Waals surface area contributed by atoms with Crippen LogP contribution in [0.4, 0.5) is 0 Å². The fourth-order valence-electron chi connectivity index (χ4n) is 3.11. The van der Waals surface area contributed by atoms with Crippen LogP contribution in [0.3, 0.4) is 0 Å². The lowest BCUT2D eigenvalue weighted by atomic mass is 9.85. The van der Waals surface area contributed by atoms with Gasteiger partial charge in [0.15, 0.2) is 0 Å². The van der Waals surface area contributed by atoms with Gasteiger partial charge in [0, 0.05) is 17.9 Å². The highest BCUT2D eigenvalue weighted by Crippen LogP contribution is 2.43. The maximum atomic E-state index is 12.1. The second-order valence-electron chi connectivity index (χ2n) is 4.86. The first kappa shape index (κ1) is 12.3. The van der Waals surface area contributed by atoms with Crippen molar-refractivity contribution < 1.29 is 14.5 Å². The van der Waals surface area contributed by atoms with Gasteiger partial charge in [0.2, 0.25) is 6.54 Å². The molecular formula is C11H18N2O4. The van der Waals surface area contributed by atoms with Gasteiger partial charge in [-0.15, -0.1) is 0 Å². The highest BCUT2D eigenvalue weighted by Gasteiger charge is 2.55. The summed E-state index contributed by atoms with van der Waals surface area (Å²) in [6, 6.07) is 0. The molecule has 96 valence electrons. The van der Waals surface area contributed by atoms with Crippen molar-refractivity contribution in [1.82, 2.24) is 4.90 Å². The van der Waals surface area contributed by atoms with Crippen LogP contribution in [0.25, 0.3) is 0 Å². The zero-order valence-electron chi connectivity index (χ0n) is 10.1. The third kappa shape index (κ3) is 2.13. The highest BCUT2D eigenvalue weighted by molar-refractivity contribution is 5.81. The Balaban J connectivity index is 2.12. The van der Waals surface area contributed by atoms with Crippen molar-refractivity contribution >= 4 is 5.97 Å². The van der Waals surface area contributed by atoms with E-state index in [1.807, 2.05) is 0 Å². The second-order valence-corrected chi connectivity index (χ2v) is 4.86. The van der Waals surface area contributed by atoms with E-state index in [1.54, 1.807) is 6.92 Å². The Morgan fingerprint density at radius 3 is 2.88 bits per heavy atom. The minimum Gasteiger partial charge on any atom is -0.465 e. The molecule has 0 aromatic carbocycles. The summed E-state index contributed by atoms with van der Waals surface area (Å²) in [5.41, 5.74) is -0.716. The van der Waals surface area contributed by atoms with Gasteiger partial charge in [0.05, 0.1) is 6.61 Å². The molecule has 0 N–H and O–H groups in total. The number of hydrogen-bond acceptors (Lipinski definition) is 5. The van der Waals surface area contributed by atoms with Gasteiger partial charge in [-0.1, -0.05) is 0 Å². The van der Waals surface area contributed by atoms with Crippen molar-refractivity contribution in [2.75, 3.05) is 26.2 Å². The van der Waals surface area contributed by atoms with Gasteiger partial charge in [-0.3, -0.25) is 19.8 Å². The van der Waals surface area contributed by atoms with E-state index in [0.717, 1.165) is 25.9 Å². The molecule has 0 amide bonds. The molecule has 2 saturated heterocycles. The zero-order chi connectivity index (χ0) is 12.5. The molecule has 2 aliphatic rings. The van der Waals surface area contributed by atoms with Crippen LogP contribution in [0.1, 0.15) is 26.2 Å². The molecule has 0 saturated carbocycles. The maximum absolute atomic E-state index is 12.1. The quantitative estimate of drug-likeness (QED) is 0.402. The average Bonchev–Trinajstić information content (AvgIpc) is 2.87.